The number of fused-ring (bicyclic) bond motifs is 3. The highest BCUT2D eigenvalue weighted by molar-refractivity contribution is 7.89. The number of nitrogens with two attached hydrogens (primary N) is 1. The number of rotatable bonds is 2. The van der Waals surface area contributed by atoms with Gasteiger partial charge in [-0.1, -0.05) is 23.8 Å². The number of primary sulfonamides is 1. The topological polar surface area (TPSA) is 72.2 Å². The maximum absolute atomic E-state index is 11.6. The van der Waals surface area contributed by atoms with E-state index < -0.39 is 10.0 Å². The van der Waals surface area contributed by atoms with E-state index in [-0.39, 0.29) is 16.9 Å². The van der Waals surface area contributed by atoms with Gasteiger partial charge in [0.2, 0.25) is 10.0 Å². The Balaban J connectivity index is 1.80. The molecule has 2 heterocycles. The molecule has 1 aliphatic heterocycles. The molecule has 0 unspecified atom stereocenters. The summed E-state index contributed by atoms with van der Waals surface area (Å²) in [5.74, 6) is 0.548. The van der Waals surface area contributed by atoms with E-state index in [4.69, 9.17) is 16.7 Å². The average Bonchev–Trinajstić information content (AvgIpc) is 3.13. The predicted octanol–water partition coefficient (Wildman–Crippen LogP) is 3.88. The molecule has 0 fully saturated rings. The van der Waals surface area contributed by atoms with Crippen molar-refractivity contribution in [1.29, 1.82) is 0 Å². The van der Waals surface area contributed by atoms with Crippen molar-refractivity contribution in [3.63, 3.8) is 0 Å². The van der Waals surface area contributed by atoms with Gasteiger partial charge >= 0.3 is 0 Å². The maximum atomic E-state index is 11.6. The van der Waals surface area contributed by atoms with Crippen LogP contribution in [0, 0.1) is 5.92 Å². The minimum Gasteiger partial charge on any atom is -0.377 e. The number of allylic oxidation sites excluding steroid dienone is 2. The number of anilines is 1. The molecular formula is C16H15ClN2O2S2. The lowest BCUT2D eigenvalue weighted by molar-refractivity contribution is 0.429. The first-order chi connectivity index (χ1) is 10.9. The first-order valence-corrected chi connectivity index (χ1v) is 10.0. The van der Waals surface area contributed by atoms with E-state index in [1.807, 2.05) is 6.07 Å². The fourth-order valence-corrected chi connectivity index (χ4v) is 5.26. The van der Waals surface area contributed by atoms with Gasteiger partial charge in [0.25, 0.3) is 0 Å². The van der Waals surface area contributed by atoms with Crippen LogP contribution in [-0.2, 0) is 10.0 Å². The second-order valence-electron chi connectivity index (χ2n) is 5.91. The number of benzene rings is 1. The van der Waals surface area contributed by atoms with Gasteiger partial charge in [-0.15, -0.1) is 11.3 Å². The number of hydrogen-bond acceptors (Lipinski definition) is 4. The van der Waals surface area contributed by atoms with Gasteiger partial charge in [0.1, 0.15) is 0 Å². The molecule has 0 amide bonds. The summed E-state index contributed by atoms with van der Waals surface area (Å²) in [5, 5.41) is 8.82. The molecule has 0 spiro atoms. The Morgan fingerprint density at radius 3 is 2.78 bits per heavy atom. The van der Waals surface area contributed by atoms with E-state index in [1.165, 1.54) is 4.88 Å². The van der Waals surface area contributed by atoms with Crippen LogP contribution in [0.3, 0.4) is 0 Å². The molecule has 23 heavy (non-hydrogen) atoms. The number of thiophene rings is 1. The molecule has 2 aromatic rings. The summed E-state index contributed by atoms with van der Waals surface area (Å²) in [6, 6.07) is 9.21. The van der Waals surface area contributed by atoms with Crippen LogP contribution in [0.15, 0.2) is 47.4 Å². The smallest absolute Gasteiger partial charge is 0.238 e. The maximum Gasteiger partial charge on any atom is 0.238 e. The van der Waals surface area contributed by atoms with Crippen molar-refractivity contribution in [3.8, 4) is 0 Å². The van der Waals surface area contributed by atoms with Crippen LogP contribution in [0.5, 0.6) is 0 Å². The lowest BCUT2D eigenvalue weighted by Gasteiger charge is -2.37. The molecule has 0 saturated carbocycles. The SMILES string of the molecule is NS(=O)(=O)c1ccc2c(c1)[C@H]1C=CC[C@H]1[C@@H](c1ccc(Cl)s1)N2. The fraction of sp³-hybridized carbons (Fsp3) is 0.250. The van der Waals surface area contributed by atoms with Crippen LogP contribution in [0.1, 0.15) is 28.8 Å². The van der Waals surface area contributed by atoms with Gasteiger partial charge in [-0.2, -0.15) is 0 Å². The zero-order valence-corrected chi connectivity index (χ0v) is 14.5. The van der Waals surface area contributed by atoms with Crippen molar-refractivity contribution in [2.24, 2.45) is 11.1 Å². The second kappa shape index (κ2) is 5.34. The molecule has 4 rings (SSSR count). The minimum atomic E-state index is -3.69. The van der Waals surface area contributed by atoms with Crippen molar-refractivity contribution in [1.82, 2.24) is 0 Å². The van der Waals surface area contributed by atoms with Crippen LogP contribution in [0.25, 0.3) is 0 Å². The molecule has 3 atom stereocenters. The van der Waals surface area contributed by atoms with Crippen LogP contribution in [0.2, 0.25) is 4.34 Å². The summed E-state index contributed by atoms with van der Waals surface area (Å²) < 4.78 is 24.0. The third kappa shape index (κ3) is 2.59. The highest BCUT2D eigenvalue weighted by Gasteiger charge is 2.38. The lowest BCUT2D eigenvalue weighted by atomic mass is 9.79. The number of halogens is 1. The third-order valence-corrected chi connectivity index (χ3v) is 6.79. The van der Waals surface area contributed by atoms with Crippen LogP contribution < -0.4 is 10.5 Å². The standard InChI is InChI=1S/C16H15ClN2O2S2/c17-15-7-6-14(22-15)16-11-3-1-2-10(11)12-8-9(23(18,20)21)4-5-13(12)19-16/h1-2,4-8,10-11,16,19H,3H2,(H2,18,20,21)/t10-,11+,16-/m0/s1. The molecule has 3 N–H and O–H groups in total. The predicted molar refractivity (Wildman–Crippen MR) is 93.5 cm³/mol. The van der Waals surface area contributed by atoms with Gasteiger partial charge in [0, 0.05) is 16.5 Å². The molecule has 120 valence electrons. The molecule has 4 nitrogen and oxygen atoms in total. The zero-order valence-electron chi connectivity index (χ0n) is 12.1. The first-order valence-electron chi connectivity index (χ1n) is 7.28. The average molecular weight is 367 g/mol. The lowest BCUT2D eigenvalue weighted by Crippen LogP contribution is -2.28. The van der Waals surface area contributed by atoms with Crippen LogP contribution >= 0.6 is 22.9 Å². The quantitative estimate of drug-likeness (QED) is 0.792. The Hall–Kier alpha value is -1.34. The van der Waals surface area contributed by atoms with Crippen molar-refractivity contribution in [2.45, 2.75) is 23.3 Å². The Kier molecular flexibility index (Phi) is 3.53. The Labute approximate surface area is 144 Å². The van der Waals surface area contributed by atoms with Crippen molar-refractivity contribution < 1.29 is 8.42 Å². The normalized spacial score (nSPS) is 25.7. The number of hydrogen-bond donors (Lipinski definition) is 2. The summed E-state index contributed by atoms with van der Waals surface area (Å²) in [6.45, 7) is 0. The second-order valence-corrected chi connectivity index (χ2v) is 9.22. The first kappa shape index (κ1) is 15.2. The van der Waals surface area contributed by atoms with E-state index in [2.05, 4.69) is 23.5 Å². The van der Waals surface area contributed by atoms with Gasteiger partial charge in [-0.3, -0.25) is 0 Å². The minimum absolute atomic E-state index is 0.162. The molecular weight excluding hydrogens is 352 g/mol. The summed E-state index contributed by atoms with van der Waals surface area (Å²) in [6.07, 6.45) is 5.29. The van der Waals surface area contributed by atoms with E-state index in [0.717, 1.165) is 22.0 Å². The van der Waals surface area contributed by atoms with Crippen LogP contribution in [0.4, 0.5) is 5.69 Å². The van der Waals surface area contributed by atoms with Crippen LogP contribution in [-0.4, -0.2) is 8.42 Å². The largest absolute Gasteiger partial charge is 0.377 e. The zero-order chi connectivity index (χ0) is 16.2. The molecule has 1 aliphatic carbocycles. The number of sulfonamides is 1. The van der Waals surface area contributed by atoms with E-state index >= 15 is 0 Å². The van der Waals surface area contributed by atoms with Crippen molar-refractivity contribution in [3.05, 3.63) is 57.3 Å². The van der Waals surface area contributed by atoms with Gasteiger partial charge < -0.3 is 5.32 Å². The molecule has 2 aliphatic rings. The summed E-state index contributed by atoms with van der Waals surface area (Å²) in [7, 11) is -3.69. The molecule has 0 radical (unpaired) electrons. The summed E-state index contributed by atoms with van der Waals surface area (Å²) >= 11 is 7.67. The molecule has 1 aromatic carbocycles. The van der Waals surface area contributed by atoms with E-state index in [9.17, 15) is 8.42 Å². The Morgan fingerprint density at radius 1 is 1.26 bits per heavy atom. The highest BCUT2D eigenvalue weighted by Crippen LogP contribution is 2.51. The van der Waals surface area contributed by atoms with Crippen molar-refractivity contribution in [2.75, 3.05) is 5.32 Å². The van der Waals surface area contributed by atoms with Gasteiger partial charge in [-0.05, 0) is 48.2 Å². The molecule has 0 bridgehead atoms. The third-order valence-electron chi connectivity index (χ3n) is 4.56. The summed E-state index contributed by atoms with van der Waals surface area (Å²) in [5.41, 5.74) is 1.95. The molecule has 0 saturated heterocycles. The Bertz CT molecular complexity index is 905. The van der Waals surface area contributed by atoms with E-state index in [1.54, 1.807) is 29.5 Å². The molecule has 1 aromatic heterocycles. The van der Waals surface area contributed by atoms with Gasteiger partial charge in [-0.25, -0.2) is 13.6 Å². The van der Waals surface area contributed by atoms with E-state index in [0.29, 0.717) is 5.92 Å². The monoisotopic (exact) mass is 366 g/mol. The van der Waals surface area contributed by atoms with Gasteiger partial charge in [0.05, 0.1) is 15.3 Å². The molecule has 7 heteroatoms. The number of nitrogens with one attached hydrogen (secondary N) is 1. The summed E-state index contributed by atoms with van der Waals surface area (Å²) in [4.78, 5) is 1.37. The van der Waals surface area contributed by atoms with Crippen molar-refractivity contribution >= 4 is 38.6 Å². The highest BCUT2D eigenvalue weighted by atomic mass is 35.5. The Morgan fingerprint density at radius 2 is 2.09 bits per heavy atom. The van der Waals surface area contributed by atoms with Gasteiger partial charge in [0.15, 0.2) is 0 Å². The fourth-order valence-electron chi connectivity index (χ4n) is 3.53.